The largest absolute Gasteiger partial charge is 0.481 e. The van der Waals surface area contributed by atoms with Crippen LogP contribution in [-0.2, 0) is 16.1 Å². The number of amides is 1. The van der Waals surface area contributed by atoms with Gasteiger partial charge in [0.05, 0.1) is 24.2 Å². The van der Waals surface area contributed by atoms with Gasteiger partial charge >= 0.3 is 5.97 Å². The Hall–Kier alpha value is -2.38. The number of ether oxygens (including phenoxy) is 1. The quantitative estimate of drug-likeness (QED) is 0.756. The standard InChI is InChI=1S/C19H22ClN3O4/c20-17-4-2-1-3-14(17)11-23-12-15(9-22-23)18(24)21-10-16(19(25)26)13-5-7-27-8-6-13/h1-4,9,12-13,16H,5-8,10-11H2,(H,21,24)(H,25,26). The van der Waals surface area contributed by atoms with Gasteiger partial charge in [-0.1, -0.05) is 29.8 Å². The molecule has 2 aromatic rings. The number of carbonyl (C=O) groups excluding carboxylic acids is 1. The third-order valence-corrected chi connectivity index (χ3v) is 5.19. The molecule has 0 aliphatic carbocycles. The van der Waals surface area contributed by atoms with E-state index in [1.165, 1.54) is 6.20 Å². The van der Waals surface area contributed by atoms with Crippen molar-refractivity contribution in [2.75, 3.05) is 19.8 Å². The minimum atomic E-state index is -0.892. The highest BCUT2D eigenvalue weighted by atomic mass is 35.5. The van der Waals surface area contributed by atoms with Gasteiger partial charge < -0.3 is 15.2 Å². The van der Waals surface area contributed by atoms with E-state index in [9.17, 15) is 14.7 Å². The maximum Gasteiger partial charge on any atom is 0.308 e. The highest BCUT2D eigenvalue weighted by Gasteiger charge is 2.30. The summed E-state index contributed by atoms with van der Waals surface area (Å²) in [4.78, 5) is 23.9. The first-order valence-electron chi connectivity index (χ1n) is 8.89. The molecule has 2 heterocycles. The summed E-state index contributed by atoms with van der Waals surface area (Å²) in [7, 11) is 0. The number of aromatic nitrogens is 2. The summed E-state index contributed by atoms with van der Waals surface area (Å²) < 4.78 is 6.91. The molecule has 1 unspecified atom stereocenters. The van der Waals surface area contributed by atoms with E-state index in [2.05, 4.69) is 10.4 Å². The van der Waals surface area contributed by atoms with Crippen LogP contribution in [0.2, 0.25) is 5.02 Å². The van der Waals surface area contributed by atoms with E-state index in [0.29, 0.717) is 43.2 Å². The van der Waals surface area contributed by atoms with Crippen LogP contribution in [0, 0.1) is 11.8 Å². The first-order valence-corrected chi connectivity index (χ1v) is 9.27. The topological polar surface area (TPSA) is 93.5 Å². The van der Waals surface area contributed by atoms with Crippen LogP contribution < -0.4 is 5.32 Å². The molecule has 1 fully saturated rings. The van der Waals surface area contributed by atoms with Crippen molar-refractivity contribution in [2.24, 2.45) is 11.8 Å². The molecular weight excluding hydrogens is 370 g/mol. The van der Waals surface area contributed by atoms with Gasteiger partial charge in [0.25, 0.3) is 5.91 Å². The van der Waals surface area contributed by atoms with Crippen molar-refractivity contribution in [3.63, 3.8) is 0 Å². The van der Waals surface area contributed by atoms with Gasteiger partial charge in [-0.05, 0) is 30.4 Å². The number of hydrogen-bond acceptors (Lipinski definition) is 4. The van der Waals surface area contributed by atoms with Crippen molar-refractivity contribution in [1.82, 2.24) is 15.1 Å². The predicted octanol–water partition coefficient (Wildman–Crippen LogP) is 2.44. The summed E-state index contributed by atoms with van der Waals surface area (Å²) in [6, 6.07) is 7.44. The number of aliphatic carboxylic acids is 1. The normalized spacial score (nSPS) is 16.0. The van der Waals surface area contributed by atoms with Crippen LogP contribution in [0.4, 0.5) is 0 Å². The van der Waals surface area contributed by atoms with Crippen LogP contribution in [-0.4, -0.2) is 46.5 Å². The van der Waals surface area contributed by atoms with Gasteiger partial charge in [0, 0.05) is 31.0 Å². The molecule has 1 atom stereocenters. The van der Waals surface area contributed by atoms with Crippen LogP contribution >= 0.6 is 11.6 Å². The Morgan fingerprint density at radius 1 is 1.33 bits per heavy atom. The Morgan fingerprint density at radius 2 is 2.07 bits per heavy atom. The lowest BCUT2D eigenvalue weighted by atomic mass is 9.86. The fraction of sp³-hybridized carbons (Fsp3) is 0.421. The first-order chi connectivity index (χ1) is 13.0. The second-order valence-corrected chi connectivity index (χ2v) is 7.03. The lowest BCUT2D eigenvalue weighted by Gasteiger charge is -2.27. The SMILES string of the molecule is O=C(NCC(C(=O)O)C1CCOCC1)c1cnn(Cc2ccccc2Cl)c1. The molecule has 1 saturated heterocycles. The Balaban J connectivity index is 1.58. The lowest BCUT2D eigenvalue weighted by molar-refractivity contribution is -0.144. The fourth-order valence-corrected chi connectivity index (χ4v) is 3.44. The minimum Gasteiger partial charge on any atom is -0.481 e. The van der Waals surface area contributed by atoms with E-state index >= 15 is 0 Å². The number of carbonyl (C=O) groups is 2. The zero-order chi connectivity index (χ0) is 19.2. The van der Waals surface area contributed by atoms with Gasteiger partial charge in [-0.3, -0.25) is 14.3 Å². The molecule has 0 radical (unpaired) electrons. The van der Waals surface area contributed by atoms with E-state index in [1.807, 2.05) is 18.2 Å². The van der Waals surface area contributed by atoms with Gasteiger partial charge in [0.2, 0.25) is 0 Å². The summed E-state index contributed by atoms with van der Waals surface area (Å²) in [6.45, 7) is 1.68. The number of hydrogen-bond donors (Lipinski definition) is 2. The van der Waals surface area contributed by atoms with Crippen molar-refractivity contribution in [3.8, 4) is 0 Å². The summed E-state index contributed by atoms with van der Waals surface area (Å²) in [5.41, 5.74) is 1.29. The molecule has 0 bridgehead atoms. The molecule has 1 aromatic carbocycles. The van der Waals surface area contributed by atoms with Gasteiger partial charge in [0.15, 0.2) is 0 Å². The summed E-state index contributed by atoms with van der Waals surface area (Å²) in [5, 5.41) is 17.0. The lowest BCUT2D eigenvalue weighted by Crippen LogP contribution is -2.38. The summed E-state index contributed by atoms with van der Waals surface area (Å²) in [5.74, 6) is -1.83. The van der Waals surface area contributed by atoms with Crippen LogP contribution in [0.5, 0.6) is 0 Å². The van der Waals surface area contributed by atoms with Crippen molar-refractivity contribution in [2.45, 2.75) is 19.4 Å². The number of rotatable bonds is 7. The van der Waals surface area contributed by atoms with Gasteiger partial charge in [-0.15, -0.1) is 0 Å². The molecule has 0 spiro atoms. The van der Waals surface area contributed by atoms with E-state index in [-0.39, 0.29) is 18.4 Å². The van der Waals surface area contributed by atoms with Crippen molar-refractivity contribution in [1.29, 1.82) is 0 Å². The highest BCUT2D eigenvalue weighted by molar-refractivity contribution is 6.31. The van der Waals surface area contributed by atoms with Gasteiger partial charge in [-0.2, -0.15) is 5.10 Å². The second kappa shape index (κ2) is 9.01. The minimum absolute atomic E-state index is 0.0134. The number of halogens is 1. The number of nitrogens with one attached hydrogen (secondary N) is 1. The molecule has 3 rings (SSSR count). The van der Waals surface area contributed by atoms with Crippen LogP contribution in [0.15, 0.2) is 36.7 Å². The third kappa shape index (κ3) is 5.08. The Bertz CT molecular complexity index is 802. The van der Waals surface area contributed by atoms with E-state index in [1.54, 1.807) is 16.9 Å². The van der Waals surface area contributed by atoms with E-state index < -0.39 is 11.9 Å². The number of benzene rings is 1. The molecule has 1 aliphatic heterocycles. The molecule has 8 heteroatoms. The average molecular weight is 392 g/mol. The predicted molar refractivity (Wildman–Crippen MR) is 99.8 cm³/mol. The summed E-state index contributed by atoms with van der Waals surface area (Å²) >= 11 is 6.15. The molecule has 27 heavy (non-hydrogen) atoms. The Kier molecular flexibility index (Phi) is 6.47. The molecule has 1 aliphatic rings. The second-order valence-electron chi connectivity index (χ2n) is 6.62. The molecule has 7 nitrogen and oxygen atoms in total. The van der Waals surface area contributed by atoms with Crippen LogP contribution in [0.1, 0.15) is 28.8 Å². The zero-order valence-corrected chi connectivity index (χ0v) is 15.6. The molecule has 1 amide bonds. The maximum atomic E-state index is 12.4. The van der Waals surface area contributed by atoms with Crippen LogP contribution in [0.25, 0.3) is 0 Å². The zero-order valence-electron chi connectivity index (χ0n) is 14.8. The smallest absolute Gasteiger partial charge is 0.308 e. The molecule has 1 aromatic heterocycles. The molecule has 0 saturated carbocycles. The fourth-order valence-electron chi connectivity index (χ4n) is 3.25. The monoisotopic (exact) mass is 391 g/mol. The van der Waals surface area contributed by atoms with Crippen molar-refractivity contribution >= 4 is 23.5 Å². The van der Waals surface area contributed by atoms with Crippen molar-refractivity contribution < 1.29 is 19.4 Å². The van der Waals surface area contributed by atoms with E-state index in [4.69, 9.17) is 16.3 Å². The number of carboxylic acids is 1. The third-order valence-electron chi connectivity index (χ3n) is 4.82. The first kappa shape index (κ1) is 19.4. The Morgan fingerprint density at radius 3 is 2.78 bits per heavy atom. The maximum absolute atomic E-state index is 12.4. The molecular formula is C19H22ClN3O4. The molecule has 144 valence electrons. The number of carboxylic acid groups (broad SMARTS) is 1. The molecule has 2 N–H and O–H groups in total. The number of nitrogens with zero attached hydrogens (tertiary/aromatic N) is 2. The van der Waals surface area contributed by atoms with Crippen LogP contribution in [0.3, 0.4) is 0 Å². The average Bonchev–Trinajstić information content (AvgIpc) is 3.13. The van der Waals surface area contributed by atoms with Crippen molar-refractivity contribution in [3.05, 3.63) is 52.8 Å². The highest BCUT2D eigenvalue weighted by Crippen LogP contribution is 2.24. The Labute approximate surface area is 162 Å². The van der Waals surface area contributed by atoms with E-state index in [0.717, 1.165) is 5.56 Å². The van der Waals surface area contributed by atoms with Gasteiger partial charge in [-0.25, -0.2) is 0 Å². The summed E-state index contributed by atoms with van der Waals surface area (Å²) in [6.07, 6.45) is 4.49. The van der Waals surface area contributed by atoms with Gasteiger partial charge in [0.1, 0.15) is 0 Å².